The number of benzene rings is 10. The molecule has 0 unspecified atom stereocenters. The van der Waals surface area contributed by atoms with Crippen LogP contribution in [0.2, 0.25) is 0 Å². The minimum atomic E-state index is -0.509. The van der Waals surface area contributed by atoms with Gasteiger partial charge in [-0.2, -0.15) is 0 Å². The van der Waals surface area contributed by atoms with Gasteiger partial charge in [-0.25, -0.2) is 0 Å². The van der Waals surface area contributed by atoms with Crippen LogP contribution in [0.5, 0.6) is 0 Å². The Kier molecular flexibility index (Phi) is 8.12. The highest BCUT2D eigenvalue weighted by molar-refractivity contribution is 6.06. The maximum atomic E-state index is 2.53. The molecule has 1 aliphatic carbocycles. The van der Waals surface area contributed by atoms with Gasteiger partial charge in [-0.15, -0.1) is 0 Å². The first-order valence-corrected chi connectivity index (χ1v) is 20.1. The molecule has 1 aliphatic rings. The van der Waals surface area contributed by atoms with Crippen LogP contribution in [-0.4, -0.2) is 0 Å². The van der Waals surface area contributed by atoms with Gasteiger partial charge >= 0.3 is 0 Å². The van der Waals surface area contributed by atoms with Crippen molar-refractivity contribution in [2.24, 2.45) is 0 Å². The number of rotatable bonds is 7. The van der Waals surface area contributed by atoms with Crippen molar-refractivity contribution >= 4 is 38.6 Å². The van der Waals surface area contributed by atoms with E-state index in [9.17, 15) is 0 Å². The van der Waals surface area contributed by atoms with E-state index in [4.69, 9.17) is 0 Å². The van der Waals surface area contributed by atoms with Gasteiger partial charge in [-0.05, 0) is 91.0 Å². The van der Waals surface area contributed by atoms with E-state index in [2.05, 4.69) is 241 Å². The summed E-state index contributed by atoms with van der Waals surface area (Å²) in [5.41, 5.74) is 15.3. The number of nitrogens with zero attached hydrogens (tertiary/aromatic N) is 1. The summed E-state index contributed by atoms with van der Waals surface area (Å²) in [7, 11) is 0. The van der Waals surface area contributed by atoms with Crippen LogP contribution < -0.4 is 4.90 Å². The van der Waals surface area contributed by atoms with Crippen LogP contribution in [0.25, 0.3) is 54.9 Å². The molecule has 0 bridgehead atoms. The predicted octanol–water partition coefficient (Wildman–Crippen LogP) is 15.2. The van der Waals surface area contributed by atoms with E-state index < -0.39 is 5.41 Å². The smallest absolute Gasteiger partial charge is 0.0714 e. The van der Waals surface area contributed by atoms with E-state index in [0.717, 1.165) is 17.1 Å². The van der Waals surface area contributed by atoms with Crippen molar-refractivity contribution in [1.29, 1.82) is 0 Å². The van der Waals surface area contributed by atoms with Gasteiger partial charge in [0.15, 0.2) is 0 Å². The Morgan fingerprint density at radius 2 is 0.810 bits per heavy atom. The summed E-state index contributed by atoms with van der Waals surface area (Å²) in [4.78, 5) is 2.53. The average Bonchev–Trinajstić information content (AvgIpc) is 3.61. The van der Waals surface area contributed by atoms with Gasteiger partial charge in [-0.1, -0.05) is 206 Å². The van der Waals surface area contributed by atoms with Crippen LogP contribution in [0.1, 0.15) is 22.3 Å². The first-order chi connectivity index (χ1) is 28.8. The lowest BCUT2D eigenvalue weighted by Gasteiger charge is -2.35. The number of fused-ring (bicyclic) bond motifs is 5. The van der Waals surface area contributed by atoms with Gasteiger partial charge in [0.1, 0.15) is 0 Å². The Labute approximate surface area is 339 Å². The van der Waals surface area contributed by atoms with Gasteiger partial charge in [0.05, 0.1) is 22.5 Å². The van der Waals surface area contributed by atoms with Crippen molar-refractivity contribution in [2.75, 3.05) is 4.90 Å². The molecule has 0 saturated heterocycles. The molecule has 272 valence electrons. The summed E-state index contributed by atoms with van der Waals surface area (Å²) in [6.07, 6.45) is 0. The van der Waals surface area contributed by atoms with Crippen LogP contribution in [0.15, 0.2) is 237 Å². The standard InChI is InChI=1S/C57H39N/c1-4-18-40(19-5-1)42-34-35-44-39-45(37-36-43(44)38-42)49-27-13-15-31-53(49)58(54-32-16-21-41-20-10-11-26-48(41)54)55-33-17-30-52-56(55)50-28-12-14-29-51(50)57(52,46-22-6-2-7-23-46)47-24-8-3-9-25-47/h1-39H. The highest BCUT2D eigenvalue weighted by Crippen LogP contribution is 2.60. The first kappa shape index (κ1) is 33.8. The Morgan fingerprint density at radius 1 is 0.293 bits per heavy atom. The van der Waals surface area contributed by atoms with Crippen molar-refractivity contribution in [3.63, 3.8) is 0 Å². The Hall–Kier alpha value is -7.48. The molecule has 1 heteroatoms. The molecule has 1 nitrogen and oxygen atoms in total. The fourth-order valence-electron chi connectivity index (χ4n) is 9.59. The van der Waals surface area contributed by atoms with Crippen LogP contribution in [0, 0.1) is 0 Å². The molecule has 0 fully saturated rings. The summed E-state index contributed by atoms with van der Waals surface area (Å²) >= 11 is 0. The van der Waals surface area contributed by atoms with Crippen LogP contribution in [-0.2, 0) is 5.41 Å². The number of hydrogen-bond donors (Lipinski definition) is 0. The van der Waals surface area contributed by atoms with Gasteiger partial charge in [0.25, 0.3) is 0 Å². The minimum Gasteiger partial charge on any atom is -0.309 e. The van der Waals surface area contributed by atoms with Crippen molar-refractivity contribution in [3.05, 3.63) is 259 Å². The molecule has 0 aromatic heterocycles. The lowest BCUT2D eigenvalue weighted by atomic mass is 9.68. The summed E-state index contributed by atoms with van der Waals surface area (Å²) < 4.78 is 0. The third-order valence-electron chi connectivity index (χ3n) is 12.1. The third kappa shape index (κ3) is 5.32. The molecule has 10 aromatic carbocycles. The molecule has 11 rings (SSSR count). The fraction of sp³-hybridized carbons (Fsp3) is 0.0175. The first-order valence-electron chi connectivity index (χ1n) is 20.1. The molecule has 10 aromatic rings. The summed E-state index contributed by atoms with van der Waals surface area (Å²) in [5.74, 6) is 0. The second-order valence-electron chi connectivity index (χ2n) is 15.2. The minimum absolute atomic E-state index is 0.509. The van der Waals surface area contributed by atoms with Crippen LogP contribution in [0.3, 0.4) is 0 Å². The highest BCUT2D eigenvalue weighted by atomic mass is 15.1. The fourth-order valence-corrected chi connectivity index (χ4v) is 9.59. The largest absolute Gasteiger partial charge is 0.309 e. The summed E-state index contributed by atoms with van der Waals surface area (Å²) in [6.45, 7) is 0. The Balaban J connectivity index is 1.18. The second kappa shape index (κ2) is 13.9. The third-order valence-corrected chi connectivity index (χ3v) is 12.1. The monoisotopic (exact) mass is 737 g/mol. The summed E-state index contributed by atoms with van der Waals surface area (Å²) in [5, 5.41) is 4.85. The average molecular weight is 738 g/mol. The van der Waals surface area contributed by atoms with E-state index in [1.165, 1.54) is 77.2 Å². The van der Waals surface area contributed by atoms with Crippen molar-refractivity contribution < 1.29 is 0 Å². The molecule has 58 heavy (non-hydrogen) atoms. The molecule has 0 N–H and O–H groups in total. The zero-order valence-corrected chi connectivity index (χ0v) is 32.0. The van der Waals surface area contributed by atoms with Gasteiger partial charge in [0.2, 0.25) is 0 Å². The Bertz CT molecular complexity index is 3070. The quantitative estimate of drug-likeness (QED) is 0.157. The second-order valence-corrected chi connectivity index (χ2v) is 15.2. The van der Waals surface area contributed by atoms with Crippen molar-refractivity contribution in [2.45, 2.75) is 5.41 Å². The van der Waals surface area contributed by atoms with E-state index >= 15 is 0 Å². The van der Waals surface area contributed by atoms with E-state index in [0.29, 0.717) is 0 Å². The van der Waals surface area contributed by atoms with Crippen molar-refractivity contribution in [1.82, 2.24) is 0 Å². The molecule has 0 amide bonds. The normalized spacial score (nSPS) is 12.6. The molecule has 0 saturated carbocycles. The molecule has 0 heterocycles. The van der Waals surface area contributed by atoms with Crippen LogP contribution >= 0.6 is 0 Å². The lowest BCUT2D eigenvalue weighted by Crippen LogP contribution is -2.28. The Morgan fingerprint density at radius 3 is 1.57 bits per heavy atom. The molecule has 0 radical (unpaired) electrons. The van der Waals surface area contributed by atoms with Gasteiger partial charge < -0.3 is 4.90 Å². The number of hydrogen-bond acceptors (Lipinski definition) is 1. The zero-order valence-electron chi connectivity index (χ0n) is 32.0. The van der Waals surface area contributed by atoms with Gasteiger partial charge in [-0.3, -0.25) is 0 Å². The SMILES string of the molecule is c1ccc(-c2ccc3cc(-c4ccccc4N(c4cccc5c4-c4ccccc4C5(c4ccccc4)c4ccccc4)c4cccc5ccccc45)ccc3c2)cc1. The molecular formula is C57H39N. The molecular weight excluding hydrogens is 699 g/mol. The van der Waals surface area contributed by atoms with E-state index in [-0.39, 0.29) is 0 Å². The molecule has 0 aliphatic heterocycles. The number of anilines is 3. The van der Waals surface area contributed by atoms with Gasteiger partial charge in [0, 0.05) is 16.5 Å². The highest BCUT2D eigenvalue weighted by Gasteiger charge is 2.47. The van der Waals surface area contributed by atoms with Crippen LogP contribution in [0.4, 0.5) is 17.1 Å². The predicted molar refractivity (Wildman–Crippen MR) is 244 cm³/mol. The summed E-state index contributed by atoms with van der Waals surface area (Å²) in [6, 6.07) is 86.9. The maximum absolute atomic E-state index is 2.53. The number of para-hydroxylation sites is 1. The molecule has 0 spiro atoms. The van der Waals surface area contributed by atoms with E-state index in [1.807, 2.05) is 0 Å². The maximum Gasteiger partial charge on any atom is 0.0714 e. The topological polar surface area (TPSA) is 3.24 Å². The van der Waals surface area contributed by atoms with E-state index in [1.54, 1.807) is 0 Å². The zero-order chi connectivity index (χ0) is 38.5. The lowest BCUT2D eigenvalue weighted by molar-refractivity contribution is 0.768. The van der Waals surface area contributed by atoms with Crippen molar-refractivity contribution in [3.8, 4) is 33.4 Å². The molecule has 0 atom stereocenters.